The van der Waals surface area contributed by atoms with Gasteiger partial charge in [0.2, 0.25) is 0 Å². The Morgan fingerprint density at radius 2 is 1.21 bits per heavy atom. The Balaban J connectivity index is 0.000000291. The quantitative estimate of drug-likeness (QED) is 0.453. The van der Waals surface area contributed by atoms with Gasteiger partial charge >= 0.3 is 17.9 Å². The van der Waals surface area contributed by atoms with Crippen LogP contribution in [0.25, 0.3) is 0 Å². The molecule has 2 aromatic rings. The van der Waals surface area contributed by atoms with Gasteiger partial charge in [-0.3, -0.25) is 14.4 Å². The van der Waals surface area contributed by atoms with Gasteiger partial charge in [0.1, 0.15) is 0 Å². The first-order chi connectivity index (χ1) is 14.0. The third-order valence-electron chi connectivity index (χ3n) is 3.82. The largest absolute Gasteiger partial charge is 0.465 e. The molecule has 5 nitrogen and oxygen atoms in total. The summed E-state index contributed by atoms with van der Waals surface area (Å²) in [5.74, 6) is -1.03. The van der Waals surface area contributed by atoms with E-state index in [9.17, 15) is 14.4 Å². The Kier molecular flexibility index (Phi) is 12.5. The molecule has 0 aliphatic heterocycles. The minimum Gasteiger partial charge on any atom is -0.465 e. The molecule has 5 heteroatoms. The molecular weight excluding hydrogens is 368 g/mol. The molecule has 0 radical (unpaired) electrons. The summed E-state index contributed by atoms with van der Waals surface area (Å²) in [6, 6.07) is 19.2. The lowest BCUT2D eigenvalue weighted by Crippen LogP contribution is -2.13. The van der Waals surface area contributed by atoms with Gasteiger partial charge in [0.15, 0.2) is 0 Å². The fraction of sp³-hybridized carbons (Fsp3) is 0.375. The lowest BCUT2D eigenvalue weighted by molar-refractivity contribution is -0.159. The molecule has 0 unspecified atom stereocenters. The highest BCUT2D eigenvalue weighted by Crippen LogP contribution is 2.02. The van der Waals surface area contributed by atoms with E-state index in [4.69, 9.17) is 4.74 Å². The SMILES string of the molecule is CCCC(=O)OC(=O)Cc1ccccc1.CCCC(=O)OCCc1ccccc1. The Bertz CT molecular complexity index is 725. The number of hydrogen-bond donors (Lipinski definition) is 0. The molecule has 0 spiro atoms. The van der Waals surface area contributed by atoms with Crippen molar-refractivity contribution in [3.8, 4) is 0 Å². The van der Waals surface area contributed by atoms with Crippen molar-refractivity contribution in [2.75, 3.05) is 6.61 Å². The summed E-state index contributed by atoms with van der Waals surface area (Å²) in [4.78, 5) is 33.3. The van der Waals surface area contributed by atoms with Crippen LogP contribution in [0.4, 0.5) is 0 Å². The van der Waals surface area contributed by atoms with E-state index in [1.165, 1.54) is 5.56 Å². The highest BCUT2D eigenvalue weighted by Gasteiger charge is 2.09. The first-order valence-electron chi connectivity index (χ1n) is 10.0. The number of benzene rings is 2. The zero-order chi connectivity index (χ0) is 21.3. The van der Waals surface area contributed by atoms with Gasteiger partial charge in [-0.25, -0.2) is 0 Å². The molecule has 0 aliphatic rings. The third-order valence-corrected chi connectivity index (χ3v) is 3.82. The second-order valence-corrected chi connectivity index (χ2v) is 6.46. The summed E-state index contributed by atoms with van der Waals surface area (Å²) >= 11 is 0. The number of esters is 3. The van der Waals surface area contributed by atoms with Gasteiger partial charge in [0, 0.05) is 19.3 Å². The molecule has 0 fully saturated rings. The molecule has 2 rings (SSSR count). The first kappa shape index (κ1) is 24.1. The predicted octanol–water partition coefficient (Wildman–Crippen LogP) is 4.67. The van der Waals surface area contributed by atoms with Crippen LogP contribution in [0.15, 0.2) is 60.7 Å². The van der Waals surface area contributed by atoms with Crippen LogP contribution in [-0.4, -0.2) is 24.5 Å². The molecule has 0 N–H and O–H groups in total. The second kappa shape index (κ2) is 15.0. The number of carbonyl (C=O) groups is 3. The maximum atomic E-state index is 11.3. The van der Waals surface area contributed by atoms with Crippen molar-refractivity contribution in [1.29, 1.82) is 0 Å². The molecule has 0 aliphatic carbocycles. The normalized spacial score (nSPS) is 9.72. The average molecular weight is 398 g/mol. The van der Waals surface area contributed by atoms with Crippen molar-refractivity contribution in [1.82, 2.24) is 0 Å². The van der Waals surface area contributed by atoms with Gasteiger partial charge in [-0.2, -0.15) is 0 Å². The Morgan fingerprint density at radius 3 is 1.76 bits per heavy atom. The molecule has 156 valence electrons. The van der Waals surface area contributed by atoms with E-state index in [-0.39, 0.29) is 12.4 Å². The summed E-state index contributed by atoms with van der Waals surface area (Å²) in [6.07, 6.45) is 3.31. The van der Waals surface area contributed by atoms with Gasteiger partial charge in [-0.1, -0.05) is 74.5 Å². The van der Waals surface area contributed by atoms with Gasteiger partial charge in [-0.15, -0.1) is 0 Å². The van der Waals surface area contributed by atoms with Crippen molar-refractivity contribution in [3.05, 3.63) is 71.8 Å². The number of ether oxygens (including phenoxy) is 2. The molecule has 29 heavy (non-hydrogen) atoms. The van der Waals surface area contributed by atoms with E-state index in [0.717, 1.165) is 18.4 Å². The van der Waals surface area contributed by atoms with Crippen molar-refractivity contribution in [2.45, 2.75) is 52.4 Å². The number of carbonyl (C=O) groups excluding carboxylic acids is 3. The molecule has 0 atom stereocenters. The summed E-state index contributed by atoms with van der Waals surface area (Å²) in [5, 5.41) is 0. The second-order valence-electron chi connectivity index (χ2n) is 6.46. The van der Waals surface area contributed by atoms with E-state index >= 15 is 0 Å². The van der Waals surface area contributed by atoms with Crippen molar-refractivity contribution in [2.24, 2.45) is 0 Å². The minimum absolute atomic E-state index is 0.0940. The molecule has 0 heterocycles. The highest BCUT2D eigenvalue weighted by atomic mass is 16.6. The monoisotopic (exact) mass is 398 g/mol. The van der Waals surface area contributed by atoms with E-state index in [1.807, 2.05) is 74.5 Å². The number of rotatable bonds is 9. The van der Waals surface area contributed by atoms with Gasteiger partial charge in [0.25, 0.3) is 0 Å². The molecule has 0 aromatic heterocycles. The van der Waals surface area contributed by atoms with Crippen LogP contribution in [0, 0.1) is 0 Å². The summed E-state index contributed by atoms with van der Waals surface area (Å²) in [6.45, 7) is 4.32. The zero-order valence-electron chi connectivity index (χ0n) is 17.3. The fourth-order valence-corrected chi connectivity index (χ4v) is 2.38. The van der Waals surface area contributed by atoms with Gasteiger partial charge in [0.05, 0.1) is 13.0 Å². The topological polar surface area (TPSA) is 69.7 Å². The van der Waals surface area contributed by atoms with Crippen LogP contribution in [0.5, 0.6) is 0 Å². The lowest BCUT2D eigenvalue weighted by Gasteiger charge is -2.03. The minimum atomic E-state index is -0.486. The summed E-state index contributed by atoms with van der Waals surface area (Å²) in [7, 11) is 0. The Hall–Kier alpha value is -2.95. The van der Waals surface area contributed by atoms with E-state index in [0.29, 0.717) is 25.9 Å². The van der Waals surface area contributed by atoms with Crippen molar-refractivity contribution < 1.29 is 23.9 Å². The molecule has 0 saturated heterocycles. The first-order valence-corrected chi connectivity index (χ1v) is 10.0. The van der Waals surface area contributed by atoms with Gasteiger partial charge < -0.3 is 9.47 Å². The van der Waals surface area contributed by atoms with Crippen LogP contribution in [0.3, 0.4) is 0 Å². The zero-order valence-corrected chi connectivity index (χ0v) is 17.3. The molecular formula is C24H30O5. The molecule has 2 aromatic carbocycles. The smallest absolute Gasteiger partial charge is 0.317 e. The Morgan fingerprint density at radius 1 is 0.690 bits per heavy atom. The van der Waals surface area contributed by atoms with E-state index < -0.39 is 11.9 Å². The predicted molar refractivity (Wildman–Crippen MR) is 112 cm³/mol. The van der Waals surface area contributed by atoms with E-state index in [1.54, 1.807) is 0 Å². The number of hydrogen-bond acceptors (Lipinski definition) is 5. The van der Waals surface area contributed by atoms with Crippen LogP contribution in [0.2, 0.25) is 0 Å². The highest BCUT2D eigenvalue weighted by molar-refractivity contribution is 5.86. The maximum Gasteiger partial charge on any atom is 0.317 e. The van der Waals surface area contributed by atoms with Crippen molar-refractivity contribution >= 4 is 17.9 Å². The van der Waals surface area contributed by atoms with Crippen LogP contribution < -0.4 is 0 Å². The Labute approximate surface area is 173 Å². The standard InChI is InChI=1S/C12H14O3.C12H16O2/c1-2-6-11(13)15-12(14)9-10-7-4-3-5-8-10;1-2-6-12(13)14-10-9-11-7-4-3-5-8-11/h3-5,7-8H,2,6,9H2,1H3;3-5,7-8H,2,6,9-10H2,1H3. The maximum absolute atomic E-state index is 11.3. The van der Waals surface area contributed by atoms with Crippen LogP contribution in [0.1, 0.15) is 50.7 Å². The van der Waals surface area contributed by atoms with Crippen molar-refractivity contribution in [3.63, 3.8) is 0 Å². The summed E-state index contributed by atoms with van der Waals surface area (Å²) < 4.78 is 9.66. The van der Waals surface area contributed by atoms with Gasteiger partial charge in [-0.05, 0) is 24.0 Å². The van der Waals surface area contributed by atoms with Crippen LogP contribution in [-0.2, 0) is 36.7 Å². The third kappa shape index (κ3) is 12.2. The summed E-state index contributed by atoms with van der Waals surface area (Å²) in [5.41, 5.74) is 2.06. The molecule has 0 saturated carbocycles. The molecule has 0 amide bonds. The van der Waals surface area contributed by atoms with E-state index in [2.05, 4.69) is 4.74 Å². The lowest BCUT2D eigenvalue weighted by atomic mass is 10.2. The van der Waals surface area contributed by atoms with Crippen LogP contribution >= 0.6 is 0 Å². The average Bonchev–Trinajstić information content (AvgIpc) is 2.70. The molecule has 0 bridgehead atoms. The fourth-order valence-electron chi connectivity index (χ4n) is 2.38.